The molecule has 0 aliphatic rings. The number of nitrogens with two attached hydrogens (primary N) is 1. The van der Waals surface area contributed by atoms with Crippen LogP contribution in [0.5, 0.6) is 0 Å². The summed E-state index contributed by atoms with van der Waals surface area (Å²) < 4.78 is 0. The van der Waals surface area contributed by atoms with Crippen LogP contribution in [0.2, 0.25) is 5.02 Å². The van der Waals surface area contributed by atoms with Crippen molar-refractivity contribution in [2.75, 3.05) is 0 Å². The molecule has 0 bridgehead atoms. The van der Waals surface area contributed by atoms with Gasteiger partial charge in [0.25, 0.3) is 0 Å². The van der Waals surface area contributed by atoms with Gasteiger partial charge in [-0.25, -0.2) is 0 Å². The summed E-state index contributed by atoms with van der Waals surface area (Å²) in [5.41, 5.74) is 8.30. The third-order valence-corrected chi connectivity index (χ3v) is 2.65. The molecule has 0 aliphatic carbocycles. The molecule has 2 N–H and O–H groups in total. The highest BCUT2D eigenvalue weighted by atomic mass is 35.5. The minimum absolute atomic E-state index is 0.0685. The molecular formula is C11H16ClN. The highest BCUT2D eigenvalue weighted by Gasteiger charge is 2.08. The van der Waals surface area contributed by atoms with Gasteiger partial charge >= 0.3 is 0 Å². The molecule has 0 aromatic heterocycles. The van der Waals surface area contributed by atoms with E-state index >= 15 is 0 Å². The number of hydrogen-bond donors (Lipinski definition) is 1. The van der Waals surface area contributed by atoms with Crippen LogP contribution in [0.3, 0.4) is 0 Å². The van der Waals surface area contributed by atoms with Crippen LogP contribution in [0.25, 0.3) is 0 Å². The number of rotatable bonds is 3. The third-order valence-electron chi connectivity index (χ3n) is 2.31. The van der Waals surface area contributed by atoms with Gasteiger partial charge in [0.15, 0.2) is 0 Å². The summed E-state index contributed by atoms with van der Waals surface area (Å²) in [5.74, 6) is 0. The Kier molecular flexibility index (Phi) is 3.76. The Hall–Kier alpha value is -0.530. The zero-order valence-corrected chi connectivity index (χ0v) is 8.93. The van der Waals surface area contributed by atoms with Gasteiger partial charge in [0.05, 0.1) is 0 Å². The van der Waals surface area contributed by atoms with E-state index in [-0.39, 0.29) is 6.04 Å². The minimum atomic E-state index is 0.0685. The fourth-order valence-corrected chi connectivity index (χ4v) is 1.57. The quantitative estimate of drug-likeness (QED) is 0.791. The molecule has 0 heterocycles. The fourth-order valence-electron chi connectivity index (χ4n) is 1.32. The molecule has 0 saturated carbocycles. The maximum Gasteiger partial charge on any atom is 0.0453 e. The average molecular weight is 198 g/mol. The van der Waals surface area contributed by atoms with Crippen LogP contribution < -0.4 is 5.73 Å². The zero-order valence-electron chi connectivity index (χ0n) is 8.18. The molecule has 13 heavy (non-hydrogen) atoms. The van der Waals surface area contributed by atoms with Gasteiger partial charge in [-0.3, -0.25) is 0 Å². The summed E-state index contributed by atoms with van der Waals surface area (Å²) in [7, 11) is 0. The first-order chi connectivity index (χ1) is 6.19. The first kappa shape index (κ1) is 10.6. The van der Waals surface area contributed by atoms with E-state index in [1.165, 1.54) is 5.56 Å². The van der Waals surface area contributed by atoms with Crippen molar-refractivity contribution in [2.45, 2.75) is 32.7 Å². The van der Waals surface area contributed by atoms with E-state index < -0.39 is 0 Å². The number of benzene rings is 1. The Morgan fingerprint density at radius 2 is 2.08 bits per heavy atom. The largest absolute Gasteiger partial charge is 0.324 e. The van der Waals surface area contributed by atoms with E-state index in [9.17, 15) is 0 Å². The van der Waals surface area contributed by atoms with E-state index in [0.717, 1.165) is 23.4 Å². The zero-order chi connectivity index (χ0) is 9.84. The smallest absolute Gasteiger partial charge is 0.0453 e. The van der Waals surface area contributed by atoms with Crippen LogP contribution in [0.15, 0.2) is 18.2 Å². The predicted molar refractivity (Wildman–Crippen MR) is 58.0 cm³/mol. The van der Waals surface area contributed by atoms with Gasteiger partial charge in [0.2, 0.25) is 0 Å². The molecule has 1 aromatic rings. The van der Waals surface area contributed by atoms with Crippen LogP contribution in [-0.2, 0) is 6.42 Å². The highest BCUT2D eigenvalue weighted by Crippen LogP contribution is 2.24. The molecule has 0 spiro atoms. The number of halogens is 1. The lowest BCUT2D eigenvalue weighted by Crippen LogP contribution is -2.09. The Morgan fingerprint density at radius 1 is 1.38 bits per heavy atom. The number of aryl methyl sites for hydroxylation is 1. The monoisotopic (exact) mass is 197 g/mol. The van der Waals surface area contributed by atoms with E-state index in [1.54, 1.807) is 0 Å². The Morgan fingerprint density at radius 3 is 2.62 bits per heavy atom. The standard InChI is InChI=1S/C11H16ClN/c1-3-8-5-6-10(12)9(7-8)11(13)4-2/h5-7,11H,3-4,13H2,1-2H3. The highest BCUT2D eigenvalue weighted by molar-refractivity contribution is 6.31. The summed E-state index contributed by atoms with van der Waals surface area (Å²) in [6.45, 7) is 4.20. The summed E-state index contributed by atoms with van der Waals surface area (Å²) >= 11 is 6.05. The molecule has 0 fully saturated rings. The van der Waals surface area contributed by atoms with Crippen LogP contribution in [0.4, 0.5) is 0 Å². The Balaban J connectivity index is 3.03. The van der Waals surface area contributed by atoms with Gasteiger partial charge in [-0.05, 0) is 30.0 Å². The van der Waals surface area contributed by atoms with Gasteiger partial charge in [-0.15, -0.1) is 0 Å². The van der Waals surface area contributed by atoms with Gasteiger partial charge in [0.1, 0.15) is 0 Å². The molecule has 0 amide bonds. The summed E-state index contributed by atoms with van der Waals surface area (Å²) in [5, 5.41) is 0.784. The van der Waals surface area contributed by atoms with E-state index in [2.05, 4.69) is 19.9 Å². The van der Waals surface area contributed by atoms with Crippen molar-refractivity contribution in [1.29, 1.82) is 0 Å². The predicted octanol–water partition coefficient (Wildman–Crippen LogP) is 3.31. The van der Waals surface area contributed by atoms with Crippen molar-refractivity contribution >= 4 is 11.6 Å². The first-order valence-corrected chi connectivity index (χ1v) is 5.10. The summed E-state index contributed by atoms with van der Waals surface area (Å²) in [6.07, 6.45) is 1.95. The Bertz CT molecular complexity index is 283. The molecule has 0 aliphatic heterocycles. The van der Waals surface area contributed by atoms with Gasteiger partial charge in [-0.2, -0.15) is 0 Å². The Labute approximate surface area is 84.9 Å². The van der Waals surface area contributed by atoms with Gasteiger partial charge in [-0.1, -0.05) is 37.6 Å². The van der Waals surface area contributed by atoms with Crippen LogP contribution in [-0.4, -0.2) is 0 Å². The molecule has 1 nitrogen and oxygen atoms in total. The molecule has 1 rings (SSSR count). The van der Waals surface area contributed by atoms with Crippen molar-refractivity contribution in [3.63, 3.8) is 0 Å². The van der Waals surface area contributed by atoms with Crippen molar-refractivity contribution < 1.29 is 0 Å². The fraction of sp³-hybridized carbons (Fsp3) is 0.455. The first-order valence-electron chi connectivity index (χ1n) is 4.73. The van der Waals surface area contributed by atoms with Gasteiger partial charge in [0, 0.05) is 11.1 Å². The lowest BCUT2D eigenvalue weighted by molar-refractivity contribution is 0.697. The van der Waals surface area contributed by atoms with Crippen LogP contribution in [0, 0.1) is 0 Å². The second-order valence-electron chi connectivity index (χ2n) is 3.22. The van der Waals surface area contributed by atoms with Crippen molar-refractivity contribution in [3.05, 3.63) is 34.3 Å². The molecule has 1 atom stereocenters. The van der Waals surface area contributed by atoms with Crippen LogP contribution in [0.1, 0.15) is 37.4 Å². The normalized spacial score (nSPS) is 12.9. The van der Waals surface area contributed by atoms with Crippen molar-refractivity contribution in [2.24, 2.45) is 5.73 Å². The molecule has 72 valence electrons. The molecule has 1 aromatic carbocycles. The SMILES string of the molecule is CCc1ccc(Cl)c(C(N)CC)c1. The molecule has 1 unspecified atom stereocenters. The molecular weight excluding hydrogens is 182 g/mol. The summed E-state index contributed by atoms with van der Waals surface area (Å²) in [6, 6.07) is 6.16. The second-order valence-corrected chi connectivity index (χ2v) is 3.63. The molecule has 0 saturated heterocycles. The van der Waals surface area contributed by atoms with Gasteiger partial charge < -0.3 is 5.73 Å². The lowest BCUT2D eigenvalue weighted by atomic mass is 10.0. The lowest BCUT2D eigenvalue weighted by Gasteiger charge is -2.12. The van der Waals surface area contributed by atoms with E-state index in [1.807, 2.05) is 12.1 Å². The van der Waals surface area contributed by atoms with E-state index in [0.29, 0.717) is 0 Å². The third kappa shape index (κ3) is 2.45. The number of hydrogen-bond acceptors (Lipinski definition) is 1. The maximum atomic E-state index is 6.05. The topological polar surface area (TPSA) is 26.0 Å². The van der Waals surface area contributed by atoms with Crippen molar-refractivity contribution in [1.82, 2.24) is 0 Å². The summed E-state index contributed by atoms with van der Waals surface area (Å²) in [4.78, 5) is 0. The molecule has 2 heteroatoms. The molecule has 0 radical (unpaired) electrons. The average Bonchev–Trinajstić information content (AvgIpc) is 2.17. The van der Waals surface area contributed by atoms with Crippen LogP contribution >= 0.6 is 11.6 Å². The van der Waals surface area contributed by atoms with Crippen molar-refractivity contribution in [3.8, 4) is 0 Å². The maximum absolute atomic E-state index is 6.05. The van der Waals surface area contributed by atoms with E-state index in [4.69, 9.17) is 17.3 Å². The minimum Gasteiger partial charge on any atom is -0.324 e. The second kappa shape index (κ2) is 4.64.